The van der Waals surface area contributed by atoms with E-state index in [0.717, 1.165) is 0 Å². The molecule has 1 heterocycles. The van der Waals surface area contributed by atoms with E-state index in [-0.39, 0.29) is 22.5 Å². The molecule has 1 aliphatic rings. The fourth-order valence-electron chi connectivity index (χ4n) is 3.59. The van der Waals surface area contributed by atoms with Gasteiger partial charge in [0.2, 0.25) is 17.7 Å². The summed E-state index contributed by atoms with van der Waals surface area (Å²) in [5, 5.41) is 8.03. The number of fused-ring (bicyclic) bond motifs is 2. The molecule has 184 valence electrons. The van der Waals surface area contributed by atoms with Gasteiger partial charge in [0.15, 0.2) is 0 Å². The van der Waals surface area contributed by atoms with Crippen LogP contribution in [0.2, 0.25) is 0 Å². The van der Waals surface area contributed by atoms with E-state index in [1.165, 1.54) is 36.9 Å². The highest BCUT2D eigenvalue weighted by atomic mass is 16.2. The van der Waals surface area contributed by atoms with Crippen LogP contribution in [0.1, 0.15) is 41.5 Å². The lowest BCUT2D eigenvalue weighted by molar-refractivity contribution is -0.137. The summed E-state index contributed by atoms with van der Waals surface area (Å²) in [6.45, 7) is 4.62. The zero-order valence-corrected chi connectivity index (χ0v) is 20.3. The second-order valence-corrected chi connectivity index (χ2v) is 8.48. The Labute approximate surface area is 203 Å². The first-order chi connectivity index (χ1) is 16.5. The third-order valence-electron chi connectivity index (χ3n) is 6.15. The largest absolute Gasteiger partial charge is 0.340 e. The van der Waals surface area contributed by atoms with Crippen molar-refractivity contribution in [1.82, 2.24) is 15.1 Å². The van der Waals surface area contributed by atoms with Crippen molar-refractivity contribution in [3.8, 4) is 0 Å². The Morgan fingerprint density at radius 1 is 0.657 bits per heavy atom. The monoisotopic (exact) mass is 479 g/mol. The molecule has 2 aromatic rings. The Balaban J connectivity index is 2.06. The smallest absolute Gasteiger partial charge is 0.256 e. The lowest BCUT2D eigenvalue weighted by atomic mass is 10.1. The van der Waals surface area contributed by atoms with Crippen LogP contribution >= 0.6 is 0 Å². The van der Waals surface area contributed by atoms with Crippen molar-refractivity contribution in [2.75, 3.05) is 24.7 Å². The van der Waals surface area contributed by atoms with Crippen LogP contribution in [0, 0.1) is 0 Å². The van der Waals surface area contributed by atoms with Gasteiger partial charge in [0.1, 0.15) is 18.1 Å². The molecular formula is C25H29N5O5. The first-order valence-corrected chi connectivity index (χ1v) is 11.2. The van der Waals surface area contributed by atoms with Crippen LogP contribution < -0.4 is 16.0 Å². The van der Waals surface area contributed by atoms with Gasteiger partial charge < -0.3 is 25.8 Å². The molecule has 0 spiro atoms. The minimum atomic E-state index is -0.943. The van der Waals surface area contributed by atoms with Crippen LogP contribution in [0.4, 0.5) is 11.4 Å². The first kappa shape index (κ1) is 25.4. The molecule has 0 saturated heterocycles. The Kier molecular flexibility index (Phi) is 7.53. The maximum Gasteiger partial charge on any atom is 0.256 e. The van der Waals surface area contributed by atoms with Crippen LogP contribution in [0.5, 0.6) is 0 Å². The van der Waals surface area contributed by atoms with Crippen LogP contribution in [0.15, 0.2) is 48.5 Å². The molecule has 0 saturated carbocycles. The summed E-state index contributed by atoms with van der Waals surface area (Å²) in [5.41, 5.74) is 0.847. The lowest BCUT2D eigenvalue weighted by Crippen LogP contribution is -2.51. The summed E-state index contributed by atoms with van der Waals surface area (Å²) in [5.74, 6) is -2.55. The maximum atomic E-state index is 13.3. The standard InChI is InChI=1S/C25H29N5O5/c1-14-24(34)29(4)15(2)21(31)28-20-13-9-7-11-18(20)25(35)30(5)16(3)22(32)27-19-12-8-6-10-17(19)23(33)26-14/h6-16H,1-5H3,(H,26,33)(H,27,32)(H,28,31). The van der Waals surface area contributed by atoms with E-state index < -0.39 is 47.7 Å². The van der Waals surface area contributed by atoms with E-state index in [0.29, 0.717) is 0 Å². The molecule has 3 unspecified atom stereocenters. The zero-order chi connectivity index (χ0) is 25.9. The Morgan fingerprint density at radius 2 is 1.11 bits per heavy atom. The van der Waals surface area contributed by atoms with Gasteiger partial charge in [0, 0.05) is 14.1 Å². The van der Waals surface area contributed by atoms with Gasteiger partial charge in [-0.3, -0.25) is 24.0 Å². The summed E-state index contributed by atoms with van der Waals surface area (Å²) < 4.78 is 0. The first-order valence-electron chi connectivity index (χ1n) is 11.2. The Morgan fingerprint density at radius 3 is 1.69 bits per heavy atom. The number of nitrogens with zero attached hydrogens (tertiary/aromatic N) is 2. The number of rotatable bonds is 0. The van der Waals surface area contributed by atoms with Crippen molar-refractivity contribution in [2.45, 2.75) is 38.9 Å². The molecule has 0 fully saturated rings. The Bertz CT molecular complexity index is 1180. The lowest BCUT2D eigenvalue weighted by Gasteiger charge is -2.28. The second kappa shape index (κ2) is 10.4. The molecule has 0 aliphatic carbocycles. The number of benzene rings is 2. The quantitative estimate of drug-likeness (QED) is 0.530. The number of carbonyl (C=O) groups excluding carboxylic acids is 5. The summed E-state index contributed by atoms with van der Waals surface area (Å²) >= 11 is 0. The van der Waals surface area contributed by atoms with E-state index in [1.807, 2.05) is 0 Å². The van der Waals surface area contributed by atoms with Crippen molar-refractivity contribution in [3.05, 3.63) is 59.7 Å². The summed E-state index contributed by atoms with van der Waals surface area (Å²) in [6, 6.07) is 10.1. The summed E-state index contributed by atoms with van der Waals surface area (Å²) in [7, 11) is 2.94. The third-order valence-corrected chi connectivity index (χ3v) is 6.15. The van der Waals surface area contributed by atoms with Crippen LogP contribution in [-0.2, 0) is 14.4 Å². The fraction of sp³-hybridized carbons (Fsp3) is 0.320. The number of amides is 5. The van der Waals surface area contributed by atoms with Gasteiger partial charge >= 0.3 is 0 Å². The number of hydrogen-bond acceptors (Lipinski definition) is 5. The molecule has 2 aromatic carbocycles. The average Bonchev–Trinajstić information content (AvgIpc) is 2.85. The zero-order valence-electron chi connectivity index (χ0n) is 20.3. The molecule has 35 heavy (non-hydrogen) atoms. The third kappa shape index (κ3) is 5.32. The fourth-order valence-corrected chi connectivity index (χ4v) is 3.59. The van der Waals surface area contributed by atoms with Crippen molar-refractivity contribution in [1.29, 1.82) is 0 Å². The van der Waals surface area contributed by atoms with E-state index in [1.54, 1.807) is 56.3 Å². The van der Waals surface area contributed by atoms with Gasteiger partial charge in [-0.2, -0.15) is 0 Å². The summed E-state index contributed by atoms with van der Waals surface area (Å²) in [4.78, 5) is 67.5. The number of carbonyl (C=O) groups is 5. The molecule has 0 bridgehead atoms. The van der Waals surface area contributed by atoms with Gasteiger partial charge in [0.25, 0.3) is 11.8 Å². The molecule has 0 radical (unpaired) electrons. The normalized spacial score (nSPS) is 22.4. The molecule has 0 aromatic heterocycles. The number of nitrogens with one attached hydrogen (secondary N) is 3. The minimum absolute atomic E-state index is 0.157. The van der Waals surface area contributed by atoms with Crippen molar-refractivity contribution in [2.24, 2.45) is 0 Å². The molecule has 1 aliphatic heterocycles. The van der Waals surface area contributed by atoms with Gasteiger partial charge in [-0.05, 0) is 45.0 Å². The number of anilines is 2. The van der Waals surface area contributed by atoms with E-state index in [9.17, 15) is 24.0 Å². The van der Waals surface area contributed by atoms with E-state index >= 15 is 0 Å². The second-order valence-electron chi connectivity index (χ2n) is 8.48. The molecule has 3 N–H and O–H groups in total. The van der Waals surface area contributed by atoms with Gasteiger partial charge in [-0.15, -0.1) is 0 Å². The number of likely N-dealkylation sites (N-methyl/N-ethyl adjacent to an activating group) is 2. The van der Waals surface area contributed by atoms with Crippen molar-refractivity contribution in [3.63, 3.8) is 0 Å². The van der Waals surface area contributed by atoms with Crippen LogP contribution in [0.25, 0.3) is 0 Å². The van der Waals surface area contributed by atoms with Crippen LogP contribution in [-0.4, -0.2) is 71.6 Å². The van der Waals surface area contributed by atoms with Gasteiger partial charge in [-0.1, -0.05) is 24.3 Å². The molecule has 3 rings (SSSR count). The van der Waals surface area contributed by atoms with Crippen molar-refractivity contribution >= 4 is 40.9 Å². The maximum absolute atomic E-state index is 13.3. The Hall–Kier alpha value is -4.21. The van der Waals surface area contributed by atoms with Gasteiger partial charge in [-0.25, -0.2) is 0 Å². The molecule has 5 amide bonds. The molecule has 3 atom stereocenters. The highest BCUT2D eigenvalue weighted by Crippen LogP contribution is 2.21. The molecule has 10 heteroatoms. The topological polar surface area (TPSA) is 128 Å². The highest BCUT2D eigenvalue weighted by Gasteiger charge is 2.30. The molecular weight excluding hydrogens is 450 g/mol. The summed E-state index contributed by atoms with van der Waals surface area (Å²) in [6.07, 6.45) is 0. The average molecular weight is 480 g/mol. The van der Waals surface area contributed by atoms with Gasteiger partial charge in [0.05, 0.1) is 22.5 Å². The van der Waals surface area contributed by atoms with Crippen molar-refractivity contribution < 1.29 is 24.0 Å². The predicted molar refractivity (Wildman–Crippen MR) is 131 cm³/mol. The van der Waals surface area contributed by atoms with Crippen LogP contribution in [0.3, 0.4) is 0 Å². The molecule has 10 nitrogen and oxygen atoms in total. The van der Waals surface area contributed by atoms with E-state index in [4.69, 9.17) is 0 Å². The minimum Gasteiger partial charge on any atom is -0.340 e. The number of para-hydroxylation sites is 2. The van der Waals surface area contributed by atoms with E-state index in [2.05, 4.69) is 16.0 Å². The SMILES string of the molecule is CC1NC(=O)c2ccccc2NC(=O)C(C)N(C)C(=O)c2ccccc2NC(=O)C(C)N(C)C1=O. The highest BCUT2D eigenvalue weighted by molar-refractivity contribution is 6.09. The number of hydrogen-bond donors (Lipinski definition) is 3. The predicted octanol–water partition coefficient (Wildman–Crippen LogP) is 1.70.